The third-order valence-corrected chi connectivity index (χ3v) is 7.44. The van der Waals surface area contributed by atoms with Crippen molar-refractivity contribution < 1.29 is 5.11 Å². The highest BCUT2D eigenvalue weighted by atomic mass is 16.3. The SMILES string of the molecule is CCc1nn(C2CCCC2)c2cc(N3CCN(CCO)[C@@H](Cc4ccccc4)C3)ccc12. The summed E-state index contributed by atoms with van der Waals surface area (Å²) >= 11 is 0. The van der Waals surface area contributed by atoms with E-state index in [0.717, 1.165) is 39.0 Å². The second-order valence-corrected chi connectivity index (χ2v) is 9.43. The molecule has 3 aromatic rings. The van der Waals surface area contributed by atoms with E-state index in [9.17, 15) is 5.11 Å². The van der Waals surface area contributed by atoms with Crippen LogP contribution in [0.25, 0.3) is 10.9 Å². The van der Waals surface area contributed by atoms with E-state index in [1.807, 2.05) is 0 Å². The summed E-state index contributed by atoms with van der Waals surface area (Å²) in [6.45, 7) is 6.14. The van der Waals surface area contributed by atoms with Gasteiger partial charge in [0.15, 0.2) is 0 Å². The zero-order valence-electron chi connectivity index (χ0n) is 19.3. The predicted molar refractivity (Wildman–Crippen MR) is 131 cm³/mol. The molecule has 0 radical (unpaired) electrons. The first-order valence-corrected chi connectivity index (χ1v) is 12.4. The fraction of sp³-hybridized carbons (Fsp3) is 0.519. The zero-order valence-corrected chi connectivity index (χ0v) is 19.3. The Bertz CT molecular complexity index is 1020. The predicted octanol–water partition coefficient (Wildman–Crippen LogP) is 4.44. The van der Waals surface area contributed by atoms with Gasteiger partial charge in [-0.15, -0.1) is 0 Å². The maximum Gasteiger partial charge on any atom is 0.0709 e. The minimum absolute atomic E-state index is 0.220. The first kappa shape index (κ1) is 21.5. The van der Waals surface area contributed by atoms with Crippen LogP contribution >= 0.6 is 0 Å². The Balaban J connectivity index is 1.43. The summed E-state index contributed by atoms with van der Waals surface area (Å²) < 4.78 is 2.34. The smallest absolute Gasteiger partial charge is 0.0709 e. The van der Waals surface area contributed by atoms with Crippen molar-refractivity contribution in [2.45, 2.75) is 57.5 Å². The molecule has 5 heteroatoms. The minimum Gasteiger partial charge on any atom is -0.395 e. The topological polar surface area (TPSA) is 44.5 Å². The zero-order chi connectivity index (χ0) is 21.9. The van der Waals surface area contributed by atoms with Crippen LogP contribution in [0.2, 0.25) is 0 Å². The second kappa shape index (κ2) is 9.63. The third kappa shape index (κ3) is 4.28. The number of piperazine rings is 1. The number of aliphatic hydroxyl groups is 1. The Morgan fingerprint density at radius 1 is 1.03 bits per heavy atom. The summed E-state index contributed by atoms with van der Waals surface area (Å²) in [5.74, 6) is 0. The van der Waals surface area contributed by atoms with Crippen molar-refractivity contribution in [3.05, 3.63) is 59.8 Å². The van der Waals surface area contributed by atoms with Crippen molar-refractivity contribution in [1.82, 2.24) is 14.7 Å². The Morgan fingerprint density at radius 2 is 1.84 bits per heavy atom. The highest BCUT2D eigenvalue weighted by molar-refractivity contribution is 5.85. The van der Waals surface area contributed by atoms with Gasteiger partial charge in [0.05, 0.1) is 23.9 Å². The summed E-state index contributed by atoms with van der Waals surface area (Å²) in [6, 6.07) is 18.7. The minimum atomic E-state index is 0.220. The second-order valence-electron chi connectivity index (χ2n) is 9.43. The number of benzene rings is 2. The molecule has 2 heterocycles. The number of fused-ring (bicyclic) bond motifs is 1. The molecule has 5 rings (SSSR count). The largest absolute Gasteiger partial charge is 0.395 e. The van der Waals surface area contributed by atoms with Crippen LogP contribution in [0.15, 0.2) is 48.5 Å². The van der Waals surface area contributed by atoms with Crippen LogP contribution < -0.4 is 4.90 Å². The molecule has 1 N–H and O–H groups in total. The van der Waals surface area contributed by atoms with E-state index in [1.165, 1.54) is 53.5 Å². The average molecular weight is 433 g/mol. The van der Waals surface area contributed by atoms with Crippen LogP contribution in [0.4, 0.5) is 5.69 Å². The molecule has 2 aromatic carbocycles. The van der Waals surface area contributed by atoms with Crippen molar-refractivity contribution >= 4 is 16.6 Å². The lowest BCUT2D eigenvalue weighted by atomic mass is 10.0. The lowest BCUT2D eigenvalue weighted by Gasteiger charge is -2.42. The lowest BCUT2D eigenvalue weighted by Crippen LogP contribution is -2.54. The van der Waals surface area contributed by atoms with Gasteiger partial charge in [-0.3, -0.25) is 9.58 Å². The van der Waals surface area contributed by atoms with Crippen molar-refractivity contribution in [1.29, 1.82) is 0 Å². The number of hydrogen-bond donors (Lipinski definition) is 1. The van der Waals surface area contributed by atoms with E-state index < -0.39 is 0 Å². The number of aromatic nitrogens is 2. The van der Waals surface area contributed by atoms with Gasteiger partial charge in [-0.25, -0.2) is 0 Å². The first-order chi connectivity index (χ1) is 15.8. The Morgan fingerprint density at radius 3 is 2.59 bits per heavy atom. The number of aryl methyl sites for hydroxylation is 1. The average Bonchev–Trinajstić information content (AvgIpc) is 3.48. The number of nitrogens with zero attached hydrogens (tertiary/aromatic N) is 4. The third-order valence-electron chi connectivity index (χ3n) is 7.44. The van der Waals surface area contributed by atoms with Gasteiger partial charge < -0.3 is 10.0 Å². The molecule has 1 aromatic heterocycles. The van der Waals surface area contributed by atoms with Gasteiger partial charge in [0.2, 0.25) is 0 Å². The molecule has 1 saturated heterocycles. The number of β-amino-alcohol motifs (C(OH)–C–C–N with tert-alkyl or cyclic N) is 1. The maximum absolute atomic E-state index is 9.60. The van der Waals surface area contributed by atoms with E-state index in [2.05, 4.69) is 69.9 Å². The van der Waals surface area contributed by atoms with Crippen molar-refractivity contribution in [3.8, 4) is 0 Å². The molecule has 1 atom stereocenters. The van der Waals surface area contributed by atoms with Gasteiger partial charge in [-0.1, -0.05) is 50.1 Å². The quantitative estimate of drug-likeness (QED) is 0.600. The maximum atomic E-state index is 9.60. The van der Waals surface area contributed by atoms with Gasteiger partial charge in [-0.05, 0) is 49.4 Å². The van der Waals surface area contributed by atoms with Crippen molar-refractivity contribution in [3.63, 3.8) is 0 Å². The molecule has 32 heavy (non-hydrogen) atoms. The fourth-order valence-electron chi connectivity index (χ4n) is 5.71. The number of hydrogen-bond acceptors (Lipinski definition) is 4. The van der Waals surface area contributed by atoms with Gasteiger partial charge in [0.1, 0.15) is 0 Å². The van der Waals surface area contributed by atoms with E-state index in [1.54, 1.807) is 0 Å². The Hall–Kier alpha value is -2.37. The van der Waals surface area contributed by atoms with Crippen LogP contribution in [0.3, 0.4) is 0 Å². The highest BCUT2D eigenvalue weighted by Crippen LogP contribution is 2.35. The highest BCUT2D eigenvalue weighted by Gasteiger charge is 2.28. The van der Waals surface area contributed by atoms with E-state index in [-0.39, 0.29) is 6.61 Å². The molecular weight excluding hydrogens is 396 g/mol. The molecule has 1 saturated carbocycles. The van der Waals surface area contributed by atoms with Crippen molar-refractivity contribution in [2.24, 2.45) is 0 Å². The van der Waals surface area contributed by atoms with Crippen LogP contribution in [0.1, 0.15) is 49.9 Å². The number of rotatable bonds is 7. The molecule has 0 unspecified atom stereocenters. The Labute approximate surface area is 191 Å². The van der Waals surface area contributed by atoms with E-state index in [0.29, 0.717) is 12.1 Å². The van der Waals surface area contributed by atoms with E-state index >= 15 is 0 Å². The molecular formula is C27H36N4O. The molecule has 2 fully saturated rings. The Kier molecular flexibility index (Phi) is 6.47. The fourth-order valence-corrected chi connectivity index (χ4v) is 5.71. The van der Waals surface area contributed by atoms with Crippen LogP contribution in [0.5, 0.6) is 0 Å². The molecule has 0 amide bonds. The van der Waals surface area contributed by atoms with Gasteiger partial charge in [0, 0.05) is 43.3 Å². The van der Waals surface area contributed by atoms with Crippen molar-refractivity contribution in [2.75, 3.05) is 37.7 Å². The molecule has 0 spiro atoms. The summed E-state index contributed by atoms with van der Waals surface area (Å²) in [7, 11) is 0. The normalized spacial score (nSPS) is 20.4. The molecule has 170 valence electrons. The summed E-state index contributed by atoms with van der Waals surface area (Å²) in [6.07, 6.45) is 7.14. The summed E-state index contributed by atoms with van der Waals surface area (Å²) in [4.78, 5) is 5.00. The molecule has 0 bridgehead atoms. The van der Waals surface area contributed by atoms with Gasteiger partial charge >= 0.3 is 0 Å². The summed E-state index contributed by atoms with van der Waals surface area (Å²) in [5.41, 5.74) is 5.21. The standard InChI is InChI=1S/C27H36N4O/c1-2-26-25-13-12-23(19-27(25)31(28-26)22-10-6-7-11-22)30-15-14-29(16-17-32)24(20-30)18-21-8-4-3-5-9-21/h3-5,8-9,12-13,19,22,24,32H,2,6-7,10-11,14-18,20H2,1H3/t24-/m0/s1. The number of anilines is 1. The van der Waals surface area contributed by atoms with Crippen LogP contribution in [0, 0.1) is 0 Å². The van der Waals surface area contributed by atoms with Crippen LogP contribution in [-0.2, 0) is 12.8 Å². The first-order valence-electron chi connectivity index (χ1n) is 12.4. The van der Waals surface area contributed by atoms with Gasteiger partial charge in [-0.2, -0.15) is 5.10 Å². The molecule has 1 aliphatic carbocycles. The monoisotopic (exact) mass is 432 g/mol. The number of aliphatic hydroxyl groups excluding tert-OH is 1. The molecule has 2 aliphatic rings. The van der Waals surface area contributed by atoms with Gasteiger partial charge in [0.25, 0.3) is 0 Å². The van der Waals surface area contributed by atoms with Crippen LogP contribution in [-0.4, -0.2) is 58.6 Å². The van der Waals surface area contributed by atoms with E-state index in [4.69, 9.17) is 5.10 Å². The summed E-state index contributed by atoms with van der Waals surface area (Å²) in [5, 5.41) is 16.0. The lowest BCUT2D eigenvalue weighted by molar-refractivity contribution is 0.137. The molecule has 5 nitrogen and oxygen atoms in total. The molecule has 1 aliphatic heterocycles.